The fourth-order valence-electron chi connectivity index (χ4n) is 3.54. The second-order valence-corrected chi connectivity index (χ2v) is 6.40. The Morgan fingerprint density at radius 3 is 3.05 bits per heavy atom. The van der Waals surface area contributed by atoms with Gasteiger partial charge in [0.15, 0.2) is 0 Å². The van der Waals surface area contributed by atoms with Crippen molar-refractivity contribution in [1.82, 2.24) is 9.88 Å². The highest BCUT2D eigenvalue weighted by atomic mass is 35.5. The van der Waals surface area contributed by atoms with Gasteiger partial charge < -0.3 is 4.74 Å². The summed E-state index contributed by atoms with van der Waals surface area (Å²) in [7, 11) is 0. The fourth-order valence-corrected chi connectivity index (χ4v) is 3.70. The SMILES string of the molecule is O=C(OCC1CCCN2CCCCC12)c1cc(Cl)ccn1. The summed E-state index contributed by atoms with van der Waals surface area (Å²) in [6.07, 6.45) is 7.71. The first kappa shape index (κ1) is 14.8. The average Bonchev–Trinajstić information content (AvgIpc) is 2.52. The van der Waals surface area contributed by atoms with Gasteiger partial charge >= 0.3 is 5.97 Å². The summed E-state index contributed by atoms with van der Waals surface area (Å²) in [4.78, 5) is 18.6. The van der Waals surface area contributed by atoms with Crippen molar-refractivity contribution in [1.29, 1.82) is 0 Å². The summed E-state index contributed by atoms with van der Waals surface area (Å²) in [6.45, 7) is 2.89. The number of carbonyl (C=O) groups excluding carboxylic acids is 1. The minimum absolute atomic E-state index is 0.291. The molecule has 0 bridgehead atoms. The molecule has 114 valence electrons. The van der Waals surface area contributed by atoms with E-state index in [4.69, 9.17) is 16.3 Å². The van der Waals surface area contributed by atoms with E-state index in [0.717, 1.165) is 6.42 Å². The highest BCUT2D eigenvalue weighted by Gasteiger charge is 2.33. The van der Waals surface area contributed by atoms with Crippen LogP contribution in [0.5, 0.6) is 0 Å². The number of pyridine rings is 1. The predicted molar refractivity (Wildman–Crippen MR) is 81.5 cm³/mol. The van der Waals surface area contributed by atoms with Crippen LogP contribution in [-0.4, -0.2) is 41.6 Å². The third-order valence-electron chi connectivity index (χ3n) is 4.59. The molecule has 2 aliphatic heterocycles. The molecule has 0 saturated carbocycles. The molecule has 1 aromatic rings. The monoisotopic (exact) mass is 308 g/mol. The standard InChI is InChI=1S/C16H21ClN2O2/c17-13-6-7-18-14(10-13)16(20)21-11-12-4-3-9-19-8-2-1-5-15(12)19/h6-7,10,12,15H,1-5,8-9,11H2. The lowest BCUT2D eigenvalue weighted by Crippen LogP contribution is -2.49. The van der Waals surface area contributed by atoms with E-state index >= 15 is 0 Å². The first-order valence-corrected chi connectivity index (χ1v) is 8.14. The van der Waals surface area contributed by atoms with E-state index in [0.29, 0.717) is 29.3 Å². The molecule has 0 amide bonds. The molecule has 2 aliphatic rings. The van der Waals surface area contributed by atoms with E-state index in [1.54, 1.807) is 12.1 Å². The van der Waals surface area contributed by atoms with Crippen LogP contribution in [0.25, 0.3) is 0 Å². The molecule has 5 heteroatoms. The number of rotatable bonds is 3. The number of aromatic nitrogens is 1. The molecule has 0 spiro atoms. The zero-order valence-electron chi connectivity index (χ0n) is 12.1. The van der Waals surface area contributed by atoms with Crippen LogP contribution in [0.15, 0.2) is 18.3 Å². The summed E-state index contributed by atoms with van der Waals surface area (Å²) in [5.41, 5.74) is 0.291. The van der Waals surface area contributed by atoms with E-state index in [1.165, 1.54) is 45.0 Å². The molecule has 2 atom stereocenters. The van der Waals surface area contributed by atoms with Gasteiger partial charge in [-0.3, -0.25) is 4.90 Å². The lowest BCUT2D eigenvalue weighted by Gasteiger charge is -2.44. The van der Waals surface area contributed by atoms with Crippen molar-refractivity contribution in [3.05, 3.63) is 29.0 Å². The molecule has 3 rings (SSSR count). The van der Waals surface area contributed by atoms with Crippen molar-refractivity contribution in [3.63, 3.8) is 0 Å². The van der Waals surface area contributed by atoms with Crippen molar-refractivity contribution in [2.75, 3.05) is 19.7 Å². The number of piperidine rings is 2. The fraction of sp³-hybridized carbons (Fsp3) is 0.625. The summed E-state index contributed by atoms with van der Waals surface area (Å²) in [5, 5.41) is 0.507. The second kappa shape index (κ2) is 6.75. The summed E-state index contributed by atoms with van der Waals surface area (Å²) in [5.74, 6) is 0.0904. The molecule has 2 fully saturated rings. The van der Waals surface area contributed by atoms with Crippen LogP contribution in [0, 0.1) is 5.92 Å². The van der Waals surface area contributed by atoms with Crippen molar-refractivity contribution in [2.24, 2.45) is 5.92 Å². The lowest BCUT2D eigenvalue weighted by atomic mass is 9.84. The number of hydrogen-bond donors (Lipinski definition) is 0. The van der Waals surface area contributed by atoms with Gasteiger partial charge in [0.1, 0.15) is 5.69 Å². The summed E-state index contributed by atoms with van der Waals surface area (Å²) >= 11 is 5.87. The van der Waals surface area contributed by atoms with Gasteiger partial charge in [-0.1, -0.05) is 18.0 Å². The van der Waals surface area contributed by atoms with E-state index in [2.05, 4.69) is 9.88 Å². The van der Waals surface area contributed by atoms with Crippen molar-refractivity contribution in [2.45, 2.75) is 38.1 Å². The lowest BCUT2D eigenvalue weighted by molar-refractivity contribution is 0.00702. The van der Waals surface area contributed by atoms with E-state index in [9.17, 15) is 4.79 Å². The van der Waals surface area contributed by atoms with Gasteiger partial charge in [0.05, 0.1) is 6.61 Å². The Morgan fingerprint density at radius 1 is 1.33 bits per heavy atom. The molecule has 0 aromatic carbocycles. The van der Waals surface area contributed by atoms with Gasteiger partial charge in [-0.2, -0.15) is 0 Å². The first-order valence-electron chi connectivity index (χ1n) is 7.77. The van der Waals surface area contributed by atoms with Crippen molar-refractivity contribution in [3.8, 4) is 0 Å². The summed E-state index contributed by atoms with van der Waals surface area (Å²) < 4.78 is 5.48. The molecule has 21 heavy (non-hydrogen) atoms. The molecule has 2 saturated heterocycles. The Bertz CT molecular complexity index is 507. The van der Waals surface area contributed by atoms with Crippen molar-refractivity contribution >= 4 is 17.6 Å². The summed E-state index contributed by atoms with van der Waals surface area (Å²) in [6, 6.07) is 3.80. The molecular formula is C16H21ClN2O2. The smallest absolute Gasteiger partial charge is 0.356 e. The van der Waals surface area contributed by atoms with Crippen LogP contribution in [-0.2, 0) is 4.74 Å². The molecule has 0 radical (unpaired) electrons. The van der Waals surface area contributed by atoms with Gasteiger partial charge in [0.25, 0.3) is 0 Å². The molecule has 2 unspecified atom stereocenters. The first-order chi connectivity index (χ1) is 10.2. The van der Waals surface area contributed by atoms with Crippen LogP contribution >= 0.6 is 11.6 Å². The third-order valence-corrected chi connectivity index (χ3v) is 4.82. The zero-order valence-corrected chi connectivity index (χ0v) is 12.9. The largest absolute Gasteiger partial charge is 0.461 e. The van der Waals surface area contributed by atoms with Crippen molar-refractivity contribution < 1.29 is 9.53 Å². The topological polar surface area (TPSA) is 42.4 Å². The highest BCUT2D eigenvalue weighted by molar-refractivity contribution is 6.30. The normalized spacial score (nSPS) is 26.1. The minimum Gasteiger partial charge on any atom is -0.461 e. The Balaban J connectivity index is 1.57. The van der Waals surface area contributed by atoms with Gasteiger partial charge in [0.2, 0.25) is 0 Å². The van der Waals surface area contributed by atoms with Crippen LogP contribution in [0.2, 0.25) is 5.02 Å². The maximum atomic E-state index is 12.0. The van der Waals surface area contributed by atoms with E-state index in [1.807, 2.05) is 0 Å². The van der Waals surface area contributed by atoms with E-state index < -0.39 is 0 Å². The van der Waals surface area contributed by atoms with Gasteiger partial charge in [0, 0.05) is 23.2 Å². The molecule has 0 N–H and O–H groups in total. The second-order valence-electron chi connectivity index (χ2n) is 5.96. The number of nitrogens with zero attached hydrogens (tertiary/aromatic N) is 2. The van der Waals surface area contributed by atoms with Crippen LogP contribution in [0.1, 0.15) is 42.6 Å². The van der Waals surface area contributed by atoms with E-state index in [-0.39, 0.29) is 5.97 Å². The molecule has 4 nitrogen and oxygen atoms in total. The number of halogens is 1. The van der Waals surface area contributed by atoms with Gasteiger partial charge in [-0.25, -0.2) is 9.78 Å². The Morgan fingerprint density at radius 2 is 2.19 bits per heavy atom. The predicted octanol–water partition coefficient (Wildman–Crippen LogP) is 3.16. The zero-order chi connectivity index (χ0) is 14.7. The quantitative estimate of drug-likeness (QED) is 0.805. The maximum absolute atomic E-state index is 12.0. The molecule has 0 aliphatic carbocycles. The Kier molecular flexibility index (Phi) is 4.76. The Labute approximate surface area is 130 Å². The minimum atomic E-state index is -0.370. The Hall–Kier alpha value is -1.13. The highest BCUT2D eigenvalue weighted by Crippen LogP contribution is 2.31. The maximum Gasteiger partial charge on any atom is 0.356 e. The van der Waals surface area contributed by atoms with Crippen LogP contribution in [0.3, 0.4) is 0 Å². The number of carbonyl (C=O) groups is 1. The molecular weight excluding hydrogens is 288 g/mol. The number of esters is 1. The number of hydrogen-bond acceptors (Lipinski definition) is 4. The van der Waals surface area contributed by atoms with Gasteiger partial charge in [-0.05, 0) is 50.9 Å². The van der Waals surface area contributed by atoms with Gasteiger partial charge in [-0.15, -0.1) is 0 Å². The molecule has 1 aromatic heterocycles. The average molecular weight is 309 g/mol. The number of ether oxygens (including phenoxy) is 1. The molecule has 3 heterocycles. The number of fused-ring (bicyclic) bond motifs is 1. The van der Waals surface area contributed by atoms with Crippen LogP contribution < -0.4 is 0 Å². The van der Waals surface area contributed by atoms with Crippen LogP contribution in [0.4, 0.5) is 0 Å². The third kappa shape index (κ3) is 3.55.